The highest BCUT2D eigenvalue weighted by atomic mass is 79.9. The fraction of sp³-hybridized carbons (Fsp3) is 0.643. The van der Waals surface area contributed by atoms with Gasteiger partial charge in [0.05, 0.1) is 0 Å². The molecule has 3 nitrogen and oxygen atoms in total. The Balaban J connectivity index is 3.03. The van der Waals surface area contributed by atoms with Crippen LogP contribution in [0.2, 0.25) is 0 Å². The molecule has 102 valence electrons. The average molecular weight is 314 g/mol. The Bertz CT molecular complexity index is 367. The highest BCUT2D eigenvalue weighted by Gasteiger charge is 2.15. The summed E-state index contributed by atoms with van der Waals surface area (Å²) in [6, 6.07) is 2.07. The Hall–Kier alpha value is -0.610. The fourth-order valence-corrected chi connectivity index (χ4v) is 2.42. The van der Waals surface area contributed by atoms with E-state index in [1.54, 1.807) is 0 Å². The molecular weight excluding hydrogens is 290 g/mol. The van der Waals surface area contributed by atoms with E-state index >= 15 is 0 Å². The lowest BCUT2D eigenvalue weighted by Gasteiger charge is -2.29. The van der Waals surface area contributed by atoms with Crippen molar-refractivity contribution >= 4 is 21.7 Å². The molecule has 1 aromatic heterocycles. The smallest absolute Gasteiger partial charge is 0.133 e. The molecule has 0 aliphatic rings. The van der Waals surface area contributed by atoms with Crippen LogP contribution in [-0.4, -0.2) is 18.1 Å². The molecule has 0 spiro atoms. The number of rotatable bonds is 6. The molecule has 0 aliphatic carbocycles. The first-order chi connectivity index (χ1) is 8.43. The molecule has 1 aromatic rings. The lowest BCUT2D eigenvalue weighted by molar-refractivity contribution is 0.547. The Morgan fingerprint density at radius 1 is 1.22 bits per heavy atom. The van der Waals surface area contributed by atoms with Crippen LogP contribution in [0.5, 0.6) is 0 Å². The molecule has 0 aliphatic heterocycles. The van der Waals surface area contributed by atoms with Crippen LogP contribution >= 0.6 is 15.9 Å². The van der Waals surface area contributed by atoms with Crippen molar-refractivity contribution in [1.29, 1.82) is 0 Å². The van der Waals surface area contributed by atoms with Crippen LogP contribution in [-0.2, 0) is 6.54 Å². The summed E-state index contributed by atoms with van der Waals surface area (Å²) in [7, 11) is 0. The molecule has 2 N–H and O–H groups in total. The SMILES string of the molecule is CC(C)CN(CC(C)C)c1ncc(Br)cc1CN. The predicted octanol–water partition coefficient (Wildman–Crippen LogP) is 3.42. The van der Waals surface area contributed by atoms with Crippen molar-refractivity contribution in [2.45, 2.75) is 34.2 Å². The zero-order valence-electron chi connectivity index (χ0n) is 11.8. The van der Waals surface area contributed by atoms with E-state index in [1.807, 2.05) is 6.20 Å². The first-order valence-electron chi connectivity index (χ1n) is 6.53. The molecule has 4 heteroatoms. The van der Waals surface area contributed by atoms with E-state index in [-0.39, 0.29) is 0 Å². The second-order valence-electron chi connectivity index (χ2n) is 5.53. The third-order valence-electron chi connectivity index (χ3n) is 2.60. The molecule has 0 unspecified atom stereocenters. The predicted molar refractivity (Wildman–Crippen MR) is 81.7 cm³/mol. The Morgan fingerprint density at radius 2 is 1.78 bits per heavy atom. The van der Waals surface area contributed by atoms with Gasteiger partial charge >= 0.3 is 0 Å². The standard InChI is InChI=1S/C14H24BrN3/c1-10(2)8-18(9-11(3)4)14-12(6-16)5-13(15)7-17-14/h5,7,10-11H,6,8-9,16H2,1-4H3. The molecule has 18 heavy (non-hydrogen) atoms. The minimum atomic E-state index is 0.522. The fourth-order valence-electron chi connectivity index (χ4n) is 2.04. The average Bonchev–Trinajstić information content (AvgIpc) is 2.26. The zero-order chi connectivity index (χ0) is 13.7. The van der Waals surface area contributed by atoms with E-state index in [0.29, 0.717) is 18.4 Å². The Morgan fingerprint density at radius 3 is 2.22 bits per heavy atom. The van der Waals surface area contributed by atoms with Gasteiger partial charge in [0.15, 0.2) is 0 Å². The summed E-state index contributed by atoms with van der Waals surface area (Å²) in [5.41, 5.74) is 6.93. The van der Waals surface area contributed by atoms with Gasteiger partial charge in [-0.05, 0) is 33.8 Å². The highest BCUT2D eigenvalue weighted by molar-refractivity contribution is 9.10. The summed E-state index contributed by atoms with van der Waals surface area (Å²) in [6.45, 7) is 11.5. The highest BCUT2D eigenvalue weighted by Crippen LogP contribution is 2.23. The second kappa shape index (κ2) is 7.10. The molecule has 0 saturated heterocycles. The van der Waals surface area contributed by atoms with Gasteiger partial charge in [0.2, 0.25) is 0 Å². The van der Waals surface area contributed by atoms with Gasteiger partial charge in [-0.3, -0.25) is 0 Å². The number of hydrogen-bond acceptors (Lipinski definition) is 3. The summed E-state index contributed by atoms with van der Waals surface area (Å²) >= 11 is 3.45. The molecule has 1 rings (SSSR count). The van der Waals surface area contributed by atoms with Gasteiger partial charge in [-0.2, -0.15) is 0 Å². The number of aromatic nitrogens is 1. The lowest BCUT2D eigenvalue weighted by atomic mass is 10.1. The van der Waals surface area contributed by atoms with Gasteiger partial charge in [0.1, 0.15) is 5.82 Å². The van der Waals surface area contributed by atoms with Gasteiger partial charge in [-0.15, -0.1) is 0 Å². The molecule has 0 saturated carbocycles. The maximum atomic E-state index is 5.83. The summed E-state index contributed by atoms with van der Waals surface area (Å²) in [4.78, 5) is 6.91. The number of nitrogens with two attached hydrogens (primary N) is 1. The van der Waals surface area contributed by atoms with E-state index in [0.717, 1.165) is 28.9 Å². The number of halogens is 1. The molecule has 0 bridgehead atoms. The normalized spacial score (nSPS) is 11.3. The van der Waals surface area contributed by atoms with Crippen molar-refractivity contribution in [2.24, 2.45) is 17.6 Å². The first kappa shape index (κ1) is 15.4. The quantitative estimate of drug-likeness (QED) is 0.875. The van der Waals surface area contributed by atoms with Crippen molar-refractivity contribution in [3.63, 3.8) is 0 Å². The van der Waals surface area contributed by atoms with E-state index in [2.05, 4.69) is 59.6 Å². The lowest BCUT2D eigenvalue weighted by Crippen LogP contribution is -2.33. The summed E-state index contributed by atoms with van der Waals surface area (Å²) in [6.07, 6.45) is 1.85. The van der Waals surface area contributed by atoms with Crippen LogP contribution in [0.3, 0.4) is 0 Å². The van der Waals surface area contributed by atoms with Gasteiger partial charge in [-0.1, -0.05) is 27.7 Å². The summed E-state index contributed by atoms with van der Waals surface area (Å²) < 4.78 is 0.987. The number of nitrogens with zero attached hydrogens (tertiary/aromatic N) is 2. The van der Waals surface area contributed by atoms with Crippen molar-refractivity contribution in [1.82, 2.24) is 4.98 Å². The molecule has 0 radical (unpaired) electrons. The van der Waals surface area contributed by atoms with Gasteiger partial charge in [0, 0.05) is 35.9 Å². The summed E-state index contributed by atoms with van der Waals surface area (Å²) in [5.74, 6) is 2.25. The molecular formula is C14H24BrN3. The molecule has 0 atom stereocenters. The maximum Gasteiger partial charge on any atom is 0.133 e. The van der Waals surface area contributed by atoms with Crippen molar-refractivity contribution in [2.75, 3.05) is 18.0 Å². The number of anilines is 1. The molecule has 1 heterocycles. The van der Waals surface area contributed by atoms with Gasteiger partial charge in [0.25, 0.3) is 0 Å². The van der Waals surface area contributed by atoms with Crippen LogP contribution in [0, 0.1) is 11.8 Å². The molecule has 0 aromatic carbocycles. The van der Waals surface area contributed by atoms with Crippen LogP contribution in [0.1, 0.15) is 33.3 Å². The van der Waals surface area contributed by atoms with Crippen LogP contribution in [0.25, 0.3) is 0 Å². The molecule has 0 amide bonds. The van der Waals surface area contributed by atoms with Crippen molar-refractivity contribution in [3.8, 4) is 0 Å². The van der Waals surface area contributed by atoms with Gasteiger partial charge < -0.3 is 10.6 Å². The molecule has 0 fully saturated rings. The minimum absolute atomic E-state index is 0.522. The van der Waals surface area contributed by atoms with E-state index < -0.39 is 0 Å². The van der Waals surface area contributed by atoms with Crippen LogP contribution < -0.4 is 10.6 Å². The topological polar surface area (TPSA) is 42.2 Å². The third kappa shape index (κ3) is 4.58. The van der Waals surface area contributed by atoms with Crippen molar-refractivity contribution in [3.05, 3.63) is 22.3 Å². The van der Waals surface area contributed by atoms with Crippen LogP contribution in [0.4, 0.5) is 5.82 Å². The third-order valence-corrected chi connectivity index (χ3v) is 3.03. The summed E-state index contributed by atoms with van der Waals surface area (Å²) in [5, 5.41) is 0. The van der Waals surface area contributed by atoms with Gasteiger partial charge in [-0.25, -0.2) is 4.98 Å². The van der Waals surface area contributed by atoms with E-state index in [4.69, 9.17) is 5.73 Å². The number of pyridine rings is 1. The largest absolute Gasteiger partial charge is 0.356 e. The van der Waals surface area contributed by atoms with Crippen LogP contribution in [0.15, 0.2) is 16.7 Å². The first-order valence-corrected chi connectivity index (χ1v) is 7.32. The monoisotopic (exact) mass is 313 g/mol. The number of hydrogen-bond donors (Lipinski definition) is 1. The van der Waals surface area contributed by atoms with E-state index in [1.165, 1.54) is 0 Å². The Kier molecular flexibility index (Phi) is 6.09. The maximum absolute atomic E-state index is 5.83. The van der Waals surface area contributed by atoms with E-state index in [9.17, 15) is 0 Å². The second-order valence-corrected chi connectivity index (χ2v) is 6.45. The zero-order valence-corrected chi connectivity index (χ0v) is 13.4. The van der Waals surface area contributed by atoms with Crippen molar-refractivity contribution < 1.29 is 0 Å². The minimum Gasteiger partial charge on any atom is -0.356 e. The Labute approximate surface area is 119 Å².